The molecule has 168 valence electrons. The Morgan fingerprint density at radius 2 is 1.85 bits per heavy atom. The Bertz CT molecular complexity index is 1460. The molecule has 0 spiro atoms. The molecule has 0 unspecified atom stereocenters. The number of aryl methyl sites for hydroxylation is 3. The Morgan fingerprint density at radius 3 is 2.55 bits per heavy atom. The van der Waals surface area contributed by atoms with Crippen molar-refractivity contribution < 1.29 is 0 Å². The molecule has 0 saturated carbocycles. The first-order valence-electron chi connectivity index (χ1n) is 11.2. The van der Waals surface area contributed by atoms with E-state index in [0.29, 0.717) is 5.69 Å². The molecular weight excluding hydrogens is 414 g/mol. The van der Waals surface area contributed by atoms with Crippen LogP contribution in [0.2, 0.25) is 0 Å². The third-order valence-corrected chi connectivity index (χ3v) is 6.12. The highest BCUT2D eigenvalue weighted by atomic mass is 16.2. The van der Waals surface area contributed by atoms with Gasteiger partial charge in [-0.05, 0) is 85.2 Å². The van der Waals surface area contributed by atoms with Gasteiger partial charge in [-0.15, -0.1) is 5.10 Å². The molecule has 7 nitrogen and oxygen atoms in total. The zero-order chi connectivity index (χ0) is 23.5. The maximum Gasteiger partial charge on any atom is 0.349 e. The number of H-pyrrole nitrogens is 2. The van der Waals surface area contributed by atoms with Crippen LogP contribution < -0.4 is 11.2 Å². The number of nitrogens with one attached hydrogen (secondary N) is 2. The fourth-order valence-electron chi connectivity index (χ4n) is 4.33. The summed E-state index contributed by atoms with van der Waals surface area (Å²) in [6.07, 6.45) is 7.61. The molecule has 0 saturated heterocycles. The summed E-state index contributed by atoms with van der Waals surface area (Å²) in [5.74, 6) is 0. The van der Waals surface area contributed by atoms with Crippen LogP contribution in [0, 0.1) is 25.2 Å². The second kappa shape index (κ2) is 9.29. The maximum atomic E-state index is 12.3. The monoisotopic (exact) mass is 441 g/mol. The molecule has 7 heteroatoms. The third kappa shape index (κ3) is 4.51. The van der Waals surface area contributed by atoms with E-state index in [1.165, 1.54) is 41.3 Å². The molecule has 33 heavy (non-hydrogen) atoms. The second-order valence-corrected chi connectivity index (χ2v) is 8.52. The zero-order valence-corrected chi connectivity index (χ0v) is 19.2. The van der Waals surface area contributed by atoms with Gasteiger partial charge in [0.1, 0.15) is 6.07 Å². The van der Waals surface area contributed by atoms with Gasteiger partial charge in [0.25, 0.3) is 5.56 Å². The van der Waals surface area contributed by atoms with Crippen LogP contribution in [0.5, 0.6) is 0 Å². The Kier molecular flexibility index (Phi) is 6.27. The van der Waals surface area contributed by atoms with Crippen LogP contribution in [-0.2, 0) is 12.8 Å². The number of nitrogens with zero attached hydrogens (tertiary/aromatic N) is 3. The molecule has 2 aromatic carbocycles. The summed E-state index contributed by atoms with van der Waals surface area (Å²) in [6.45, 7) is 6.22. The summed E-state index contributed by atoms with van der Waals surface area (Å²) >= 11 is 0. The van der Waals surface area contributed by atoms with Gasteiger partial charge in [0.2, 0.25) is 5.69 Å². The van der Waals surface area contributed by atoms with Crippen molar-refractivity contribution in [2.45, 2.75) is 52.9 Å². The normalized spacial score (nSPS) is 11.1. The number of nitriles is 1. The summed E-state index contributed by atoms with van der Waals surface area (Å²) in [7, 11) is 0. The lowest BCUT2D eigenvalue weighted by atomic mass is 9.94. The maximum absolute atomic E-state index is 12.3. The van der Waals surface area contributed by atoms with Crippen molar-refractivity contribution in [2.24, 2.45) is 0 Å². The number of hydrogen-bond acceptors (Lipinski definition) is 4. The summed E-state index contributed by atoms with van der Waals surface area (Å²) in [4.78, 5) is 29.5. The van der Waals surface area contributed by atoms with Crippen molar-refractivity contribution in [1.29, 1.82) is 5.26 Å². The number of benzene rings is 2. The van der Waals surface area contributed by atoms with Crippen molar-refractivity contribution in [3.63, 3.8) is 0 Å². The number of aromatic amines is 2. The van der Waals surface area contributed by atoms with Crippen LogP contribution in [-0.4, -0.2) is 19.7 Å². The lowest BCUT2D eigenvalue weighted by Crippen LogP contribution is -2.33. The first-order chi connectivity index (χ1) is 15.9. The van der Waals surface area contributed by atoms with Crippen LogP contribution in [0.15, 0.2) is 46.1 Å². The minimum absolute atomic E-state index is 0.344. The van der Waals surface area contributed by atoms with Gasteiger partial charge in [-0.2, -0.15) is 9.94 Å². The van der Waals surface area contributed by atoms with Gasteiger partial charge >= 0.3 is 5.69 Å². The number of rotatable bonds is 7. The van der Waals surface area contributed by atoms with E-state index in [0.717, 1.165) is 34.2 Å². The topological polar surface area (TPSA) is 107 Å². The van der Waals surface area contributed by atoms with Crippen molar-refractivity contribution in [2.75, 3.05) is 0 Å². The number of fused-ring (bicyclic) bond motifs is 1. The molecule has 0 aliphatic heterocycles. The van der Waals surface area contributed by atoms with Crippen LogP contribution in [0.4, 0.5) is 0 Å². The molecule has 0 amide bonds. The third-order valence-electron chi connectivity index (χ3n) is 6.12. The molecule has 2 aromatic heterocycles. The van der Waals surface area contributed by atoms with Crippen molar-refractivity contribution >= 4 is 10.9 Å². The average Bonchev–Trinajstić information content (AvgIpc) is 3.19. The highest BCUT2D eigenvalue weighted by molar-refractivity contribution is 5.84. The predicted molar refractivity (Wildman–Crippen MR) is 129 cm³/mol. The van der Waals surface area contributed by atoms with E-state index < -0.39 is 11.2 Å². The Labute approximate surface area is 191 Å². The van der Waals surface area contributed by atoms with Crippen molar-refractivity contribution in [3.8, 4) is 11.8 Å². The van der Waals surface area contributed by atoms with E-state index >= 15 is 0 Å². The van der Waals surface area contributed by atoms with Crippen LogP contribution >= 0.6 is 0 Å². The molecule has 0 atom stereocenters. The quantitative estimate of drug-likeness (QED) is 0.419. The fourth-order valence-corrected chi connectivity index (χ4v) is 4.33. The van der Waals surface area contributed by atoms with Gasteiger partial charge in [0.05, 0.1) is 5.69 Å². The molecule has 0 aliphatic carbocycles. The summed E-state index contributed by atoms with van der Waals surface area (Å²) in [6, 6.07) is 12.0. The molecule has 0 radical (unpaired) electrons. The van der Waals surface area contributed by atoms with E-state index in [4.69, 9.17) is 5.26 Å². The molecule has 2 N–H and O–H groups in total. The van der Waals surface area contributed by atoms with E-state index in [1.54, 1.807) is 6.07 Å². The van der Waals surface area contributed by atoms with E-state index in [-0.39, 0.29) is 5.69 Å². The van der Waals surface area contributed by atoms with Gasteiger partial charge < -0.3 is 4.98 Å². The highest BCUT2D eigenvalue weighted by Gasteiger charge is 2.13. The smallest absolute Gasteiger partial charge is 0.349 e. The molecule has 4 aromatic rings. The Morgan fingerprint density at radius 1 is 1.09 bits per heavy atom. The van der Waals surface area contributed by atoms with E-state index in [2.05, 4.69) is 46.4 Å². The van der Waals surface area contributed by atoms with Crippen LogP contribution in [0.3, 0.4) is 0 Å². The molecular formula is C26H27N5O2. The summed E-state index contributed by atoms with van der Waals surface area (Å²) in [5, 5.41) is 14.3. The fraction of sp³-hybridized carbons (Fsp3) is 0.308. The zero-order valence-electron chi connectivity index (χ0n) is 19.2. The number of aromatic nitrogens is 4. The minimum atomic E-state index is -0.780. The van der Waals surface area contributed by atoms with Gasteiger partial charge in [0.15, 0.2) is 0 Å². The Hall–Kier alpha value is -3.92. The van der Waals surface area contributed by atoms with Gasteiger partial charge in [-0.25, -0.2) is 4.79 Å². The van der Waals surface area contributed by atoms with E-state index in [9.17, 15) is 9.59 Å². The molecule has 0 bridgehead atoms. The molecule has 4 rings (SSSR count). The molecule has 0 fully saturated rings. The first-order valence-corrected chi connectivity index (χ1v) is 11.2. The lowest BCUT2D eigenvalue weighted by Gasteiger charge is -2.14. The highest BCUT2D eigenvalue weighted by Crippen LogP contribution is 2.26. The predicted octanol–water partition coefficient (Wildman–Crippen LogP) is 4.21. The number of unbranched alkanes of at least 4 members (excludes halogenated alkanes) is 2. The summed E-state index contributed by atoms with van der Waals surface area (Å²) in [5.41, 5.74) is 5.68. The minimum Gasteiger partial charge on any atom is -0.361 e. The van der Waals surface area contributed by atoms with Crippen molar-refractivity contribution in [3.05, 3.63) is 90.9 Å². The summed E-state index contributed by atoms with van der Waals surface area (Å²) < 4.78 is 1.07. The average molecular weight is 442 g/mol. The standard InChI is InChI=1S/C26H27N5O2/c1-4-5-6-7-19-15-28-23-9-8-18(13-22(19)23)12-21-16(2)10-20(11-17(21)3)31-26(33)29-25(32)24(14-27)30-31/h8-11,13,15,28H,4-7,12H2,1-3H3,(H,29,32,33). The van der Waals surface area contributed by atoms with Crippen LogP contribution in [0.25, 0.3) is 16.6 Å². The van der Waals surface area contributed by atoms with Gasteiger partial charge in [-0.1, -0.05) is 25.8 Å². The van der Waals surface area contributed by atoms with Gasteiger partial charge in [-0.3, -0.25) is 9.78 Å². The molecule has 2 heterocycles. The first kappa shape index (κ1) is 22.3. The van der Waals surface area contributed by atoms with E-state index in [1.807, 2.05) is 26.0 Å². The van der Waals surface area contributed by atoms with Crippen molar-refractivity contribution in [1.82, 2.24) is 19.7 Å². The largest absolute Gasteiger partial charge is 0.361 e. The lowest BCUT2D eigenvalue weighted by molar-refractivity contribution is 0.719. The van der Waals surface area contributed by atoms with Crippen LogP contribution in [0.1, 0.15) is 59.7 Å². The number of hydrogen-bond donors (Lipinski definition) is 2. The molecule has 0 aliphatic rings. The Balaban J connectivity index is 1.67. The van der Waals surface area contributed by atoms with Gasteiger partial charge in [0, 0.05) is 17.1 Å². The second-order valence-electron chi connectivity index (χ2n) is 8.52. The SMILES string of the molecule is CCCCCc1c[nH]c2ccc(Cc3c(C)cc(-n4nc(C#N)c(=O)[nH]c4=O)cc3C)cc12.